The van der Waals surface area contributed by atoms with Crippen LogP contribution in [-0.4, -0.2) is 38.0 Å². The molecule has 1 amide bonds. The molecule has 0 aliphatic heterocycles. The van der Waals surface area contributed by atoms with Gasteiger partial charge in [-0.25, -0.2) is 0 Å². The van der Waals surface area contributed by atoms with E-state index in [0.29, 0.717) is 0 Å². The lowest BCUT2D eigenvalue weighted by atomic mass is 10.1. The molecule has 0 unspecified atom stereocenters. The number of unbranched alkanes of at least 4 members (excludes halogenated alkanes) is 1. The topological polar surface area (TPSA) is 32.3 Å². The molecule has 0 atom stereocenters. The van der Waals surface area contributed by atoms with E-state index in [0.717, 1.165) is 41.5 Å². The predicted octanol–water partition coefficient (Wildman–Crippen LogP) is 2.83. The van der Waals surface area contributed by atoms with Crippen LogP contribution in [0.4, 0.5) is 0 Å². The number of rotatable bonds is 6. The molecule has 0 heterocycles. The quantitative estimate of drug-likeness (QED) is 0.819. The minimum atomic E-state index is 0.0126. The van der Waals surface area contributed by atoms with Crippen LogP contribution < -0.4 is 5.32 Å². The number of hydrogen-bond acceptors (Lipinski definition) is 2. The summed E-state index contributed by atoms with van der Waals surface area (Å²) in [4.78, 5) is 14.1. The Bertz CT molecular complexity index is 405. The highest BCUT2D eigenvalue weighted by Gasteiger charge is 2.09. The van der Waals surface area contributed by atoms with Crippen LogP contribution in [0.1, 0.15) is 28.8 Å². The number of nitrogens with one attached hydrogen (secondary N) is 1. The summed E-state index contributed by atoms with van der Waals surface area (Å²) in [6, 6.07) is 5.69. The van der Waals surface area contributed by atoms with Crippen molar-refractivity contribution in [1.29, 1.82) is 0 Å². The zero-order valence-electron chi connectivity index (χ0n) is 11.3. The van der Waals surface area contributed by atoms with Crippen molar-refractivity contribution in [2.45, 2.75) is 19.8 Å². The summed E-state index contributed by atoms with van der Waals surface area (Å²) in [6.07, 6.45) is 2.11. The predicted molar refractivity (Wildman–Crippen MR) is 79.0 cm³/mol. The molecular weight excluding hydrogens is 292 g/mol. The summed E-state index contributed by atoms with van der Waals surface area (Å²) in [6.45, 7) is 3.75. The second-order valence-electron chi connectivity index (χ2n) is 4.68. The highest BCUT2D eigenvalue weighted by Crippen LogP contribution is 2.19. The fourth-order valence-electron chi connectivity index (χ4n) is 1.70. The van der Waals surface area contributed by atoms with Gasteiger partial charge in [-0.2, -0.15) is 0 Å². The van der Waals surface area contributed by atoms with E-state index < -0.39 is 0 Å². The number of nitrogens with zero attached hydrogens (tertiary/aromatic N) is 1. The molecule has 0 aliphatic rings. The minimum Gasteiger partial charge on any atom is -0.352 e. The zero-order chi connectivity index (χ0) is 13.5. The molecule has 100 valence electrons. The number of carbonyl (C=O) groups excluding carboxylic acids is 1. The number of benzene rings is 1. The average molecular weight is 313 g/mol. The fraction of sp³-hybridized carbons (Fsp3) is 0.500. The Labute approximate surface area is 118 Å². The molecule has 0 spiro atoms. The summed E-state index contributed by atoms with van der Waals surface area (Å²) in [5, 5.41) is 2.96. The lowest BCUT2D eigenvalue weighted by Gasteiger charge is -2.10. The van der Waals surface area contributed by atoms with Crippen molar-refractivity contribution in [3.8, 4) is 0 Å². The van der Waals surface area contributed by atoms with Gasteiger partial charge in [0.2, 0.25) is 0 Å². The summed E-state index contributed by atoms with van der Waals surface area (Å²) in [7, 11) is 4.12. The van der Waals surface area contributed by atoms with Crippen molar-refractivity contribution >= 4 is 21.8 Å². The van der Waals surface area contributed by atoms with Crippen LogP contribution in [-0.2, 0) is 0 Å². The minimum absolute atomic E-state index is 0.0126. The van der Waals surface area contributed by atoms with Gasteiger partial charge >= 0.3 is 0 Å². The second-order valence-corrected chi connectivity index (χ2v) is 5.53. The third-order valence-corrected chi connectivity index (χ3v) is 3.69. The third kappa shape index (κ3) is 4.78. The Balaban J connectivity index is 2.39. The van der Waals surface area contributed by atoms with E-state index in [4.69, 9.17) is 0 Å². The van der Waals surface area contributed by atoms with E-state index in [-0.39, 0.29) is 5.91 Å². The largest absolute Gasteiger partial charge is 0.352 e. The summed E-state index contributed by atoms with van der Waals surface area (Å²) >= 11 is 3.44. The Morgan fingerprint density at radius 3 is 2.72 bits per heavy atom. The standard InChI is InChI=1S/C14H21BrN2O/c1-11-12(7-6-8-13(11)15)14(18)16-9-4-5-10-17(2)3/h6-8H,4-5,9-10H2,1-3H3,(H,16,18). The second kappa shape index (κ2) is 7.54. The van der Waals surface area contributed by atoms with Gasteiger partial charge in [-0.05, 0) is 58.1 Å². The molecule has 0 saturated carbocycles. The van der Waals surface area contributed by atoms with Gasteiger partial charge in [-0.15, -0.1) is 0 Å². The van der Waals surface area contributed by atoms with Crippen molar-refractivity contribution < 1.29 is 4.79 Å². The van der Waals surface area contributed by atoms with E-state index in [9.17, 15) is 4.79 Å². The summed E-state index contributed by atoms with van der Waals surface area (Å²) in [5.41, 5.74) is 1.74. The first-order chi connectivity index (χ1) is 8.52. The van der Waals surface area contributed by atoms with Gasteiger partial charge in [0.15, 0.2) is 0 Å². The Kier molecular flexibility index (Phi) is 6.36. The van der Waals surface area contributed by atoms with Crippen LogP contribution in [0.25, 0.3) is 0 Å². The van der Waals surface area contributed by atoms with Gasteiger partial charge in [0.25, 0.3) is 5.91 Å². The number of halogens is 1. The van der Waals surface area contributed by atoms with Crippen LogP contribution in [0.5, 0.6) is 0 Å². The summed E-state index contributed by atoms with van der Waals surface area (Å²) < 4.78 is 0.975. The molecule has 0 radical (unpaired) electrons. The normalized spacial score (nSPS) is 10.7. The molecule has 18 heavy (non-hydrogen) atoms. The molecular formula is C14H21BrN2O. The molecule has 1 aromatic carbocycles. The van der Waals surface area contributed by atoms with Crippen molar-refractivity contribution in [3.63, 3.8) is 0 Å². The first kappa shape index (κ1) is 15.2. The maximum absolute atomic E-state index is 12.0. The highest BCUT2D eigenvalue weighted by atomic mass is 79.9. The van der Waals surface area contributed by atoms with Gasteiger partial charge < -0.3 is 10.2 Å². The lowest BCUT2D eigenvalue weighted by Crippen LogP contribution is -2.26. The van der Waals surface area contributed by atoms with Crippen LogP contribution in [0.3, 0.4) is 0 Å². The van der Waals surface area contributed by atoms with Gasteiger partial charge in [-0.3, -0.25) is 4.79 Å². The van der Waals surface area contributed by atoms with Crippen LogP contribution in [0, 0.1) is 6.92 Å². The van der Waals surface area contributed by atoms with E-state index in [1.165, 1.54) is 0 Å². The maximum Gasteiger partial charge on any atom is 0.251 e. The van der Waals surface area contributed by atoms with Crippen molar-refractivity contribution in [2.75, 3.05) is 27.2 Å². The third-order valence-electron chi connectivity index (χ3n) is 2.83. The molecule has 0 aromatic heterocycles. The Morgan fingerprint density at radius 2 is 2.06 bits per heavy atom. The van der Waals surface area contributed by atoms with Gasteiger partial charge in [0.05, 0.1) is 0 Å². The number of carbonyl (C=O) groups is 1. The maximum atomic E-state index is 12.0. The molecule has 0 bridgehead atoms. The van der Waals surface area contributed by atoms with E-state index >= 15 is 0 Å². The van der Waals surface area contributed by atoms with Gasteiger partial charge in [-0.1, -0.05) is 22.0 Å². The number of hydrogen-bond donors (Lipinski definition) is 1. The molecule has 1 rings (SSSR count). The van der Waals surface area contributed by atoms with Crippen LogP contribution in [0.2, 0.25) is 0 Å². The van der Waals surface area contributed by atoms with Crippen molar-refractivity contribution in [3.05, 3.63) is 33.8 Å². The number of amides is 1. The van der Waals surface area contributed by atoms with E-state index in [1.807, 2.05) is 25.1 Å². The smallest absolute Gasteiger partial charge is 0.251 e. The average Bonchev–Trinajstić information content (AvgIpc) is 2.31. The molecule has 0 aliphatic carbocycles. The monoisotopic (exact) mass is 312 g/mol. The SMILES string of the molecule is Cc1c(Br)cccc1C(=O)NCCCCN(C)C. The fourth-order valence-corrected chi connectivity index (χ4v) is 2.07. The zero-order valence-corrected chi connectivity index (χ0v) is 12.9. The van der Waals surface area contributed by atoms with E-state index in [1.54, 1.807) is 0 Å². The molecule has 4 heteroatoms. The first-order valence-electron chi connectivity index (χ1n) is 6.20. The van der Waals surface area contributed by atoms with Crippen LogP contribution in [0.15, 0.2) is 22.7 Å². The molecule has 3 nitrogen and oxygen atoms in total. The Hall–Kier alpha value is -0.870. The first-order valence-corrected chi connectivity index (χ1v) is 6.99. The van der Waals surface area contributed by atoms with Gasteiger partial charge in [0, 0.05) is 16.6 Å². The van der Waals surface area contributed by atoms with Crippen LogP contribution >= 0.6 is 15.9 Å². The molecule has 0 saturated heterocycles. The lowest BCUT2D eigenvalue weighted by molar-refractivity contribution is 0.0952. The van der Waals surface area contributed by atoms with Crippen molar-refractivity contribution in [2.24, 2.45) is 0 Å². The molecule has 1 aromatic rings. The summed E-state index contributed by atoms with van der Waals surface area (Å²) in [5.74, 6) is 0.0126. The van der Waals surface area contributed by atoms with Crippen molar-refractivity contribution in [1.82, 2.24) is 10.2 Å². The molecule has 1 N–H and O–H groups in total. The Morgan fingerprint density at radius 1 is 1.33 bits per heavy atom. The molecule has 0 fully saturated rings. The highest BCUT2D eigenvalue weighted by molar-refractivity contribution is 9.10. The van der Waals surface area contributed by atoms with E-state index in [2.05, 4.69) is 40.2 Å². The van der Waals surface area contributed by atoms with Gasteiger partial charge in [0.1, 0.15) is 0 Å².